The number of anilines is 1. The maximum Gasteiger partial charge on any atom is 0.328 e. The van der Waals surface area contributed by atoms with Crippen molar-refractivity contribution < 1.29 is 9.53 Å². The van der Waals surface area contributed by atoms with Crippen LogP contribution in [-0.4, -0.2) is 45.4 Å². The summed E-state index contributed by atoms with van der Waals surface area (Å²) in [6.45, 7) is 7.02. The summed E-state index contributed by atoms with van der Waals surface area (Å²) < 4.78 is 6.80. The van der Waals surface area contributed by atoms with E-state index in [2.05, 4.69) is 35.8 Å². The van der Waals surface area contributed by atoms with Crippen molar-refractivity contribution in [3.8, 4) is 0 Å². The maximum absolute atomic E-state index is 12.0. The minimum atomic E-state index is -0.277. The minimum Gasteiger partial charge on any atom is -0.467 e. The van der Waals surface area contributed by atoms with Gasteiger partial charge in [0.05, 0.1) is 24.2 Å². The van der Waals surface area contributed by atoms with E-state index in [1.165, 1.54) is 13.4 Å². The Labute approximate surface area is 129 Å². The van der Waals surface area contributed by atoms with Crippen LogP contribution < -0.4 is 4.90 Å². The fourth-order valence-corrected chi connectivity index (χ4v) is 2.95. The maximum atomic E-state index is 12.0. The normalized spacial score (nSPS) is 18.9. The molecule has 1 aliphatic rings. The fraction of sp³-hybridized carbons (Fsp3) is 0.600. The molecule has 3 heterocycles. The SMILES string of the molecule is COC(=O)[C@H]1CCCN1c1ncnc2c1cnn2C(C)(C)C. The number of ether oxygens (including phenoxy) is 1. The highest BCUT2D eigenvalue weighted by Gasteiger charge is 2.34. The molecule has 0 N–H and O–H groups in total. The number of methoxy groups -OCH3 is 1. The quantitative estimate of drug-likeness (QED) is 0.787. The molecule has 0 aliphatic carbocycles. The van der Waals surface area contributed by atoms with Crippen molar-refractivity contribution in [2.75, 3.05) is 18.6 Å². The summed E-state index contributed by atoms with van der Waals surface area (Å²) in [5.41, 5.74) is 0.619. The number of carbonyl (C=O) groups excluding carboxylic acids is 1. The molecule has 0 radical (unpaired) electrons. The molecule has 7 nitrogen and oxygen atoms in total. The Balaban J connectivity index is 2.08. The highest BCUT2D eigenvalue weighted by molar-refractivity contribution is 5.90. The Bertz CT molecular complexity index is 704. The van der Waals surface area contributed by atoms with Crippen molar-refractivity contribution in [2.45, 2.75) is 45.2 Å². The van der Waals surface area contributed by atoms with Gasteiger partial charge in [0.2, 0.25) is 0 Å². The first kappa shape index (κ1) is 14.7. The first-order chi connectivity index (χ1) is 10.4. The number of carbonyl (C=O) groups is 1. The lowest BCUT2D eigenvalue weighted by molar-refractivity contribution is -0.141. The van der Waals surface area contributed by atoms with Gasteiger partial charge < -0.3 is 9.64 Å². The van der Waals surface area contributed by atoms with E-state index >= 15 is 0 Å². The molecule has 2 aromatic rings. The zero-order chi connectivity index (χ0) is 15.9. The van der Waals surface area contributed by atoms with E-state index in [-0.39, 0.29) is 17.6 Å². The van der Waals surface area contributed by atoms with Crippen LogP contribution >= 0.6 is 0 Å². The topological polar surface area (TPSA) is 73.1 Å². The van der Waals surface area contributed by atoms with E-state index in [0.29, 0.717) is 0 Å². The molecule has 2 aromatic heterocycles. The number of esters is 1. The smallest absolute Gasteiger partial charge is 0.328 e. The van der Waals surface area contributed by atoms with Crippen LogP contribution in [0.4, 0.5) is 5.82 Å². The van der Waals surface area contributed by atoms with Crippen molar-refractivity contribution in [3.05, 3.63) is 12.5 Å². The number of fused-ring (bicyclic) bond motifs is 1. The molecule has 1 saturated heterocycles. The van der Waals surface area contributed by atoms with Crippen LogP contribution in [0.5, 0.6) is 0 Å². The van der Waals surface area contributed by atoms with E-state index < -0.39 is 0 Å². The van der Waals surface area contributed by atoms with Crippen LogP contribution in [0.1, 0.15) is 33.6 Å². The summed E-state index contributed by atoms with van der Waals surface area (Å²) in [6, 6.07) is -0.277. The number of rotatable bonds is 2. The van der Waals surface area contributed by atoms with Gasteiger partial charge in [0.15, 0.2) is 5.65 Å². The third kappa shape index (κ3) is 2.30. The molecule has 0 bridgehead atoms. The van der Waals surface area contributed by atoms with Gasteiger partial charge in [-0.25, -0.2) is 19.4 Å². The summed E-state index contributed by atoms with van der Waals surface area (Å²) in [6.07, 6.45) is 5.04. The molecule has 1 atom stereocenters. The van der Waals surface area contributed by atoms with E-state index in [4.69, 9.17) is 4.74 Å². The average Bonchev–Trinajstić information content (AvgIpc) is 3.11. The molecule has 0 saturated carbocycles. The predicted molar refractivity (Wildman–Crippen MR) is 82.7 cm³/mol. The van der Waals surface area contributed by atoms with E-state index in [9.17, 15) is 4.79 Å². The van der Waals surface area contributed by atoms with Crippen LogP contribution in [0.15, 0.2) is 12.5 Å². The lowest BCUT2D eigenvalue weighted by atomic mass is 10.1. The van der Waals surface area contributed by atoms with Crippen LogP contribution in [0.2, 0.25) is 0 Å². The second-order valence-corrected chi connectivity index (χ2v) is 6.54. The van der Waals surface area contributed by atoms with Gasteiger partial charge in [-0.05, 0) is 33.6 Å². The first-order valence-corrected chi connectivity index (χ1v) is 7.47. The van der Waals surface area contributed by atoms with Crippen molar-refractivity contribution in [3.63, 3.8) is 0 Å². The first-order valence-electron chi connectivity index (χ1n) is 7.47. The van der Waals surface area contributed by atoms with Crippen LogP contribution in [-0.2, 0) is 15.1 Å². The lowest BCUT2D eigenvalue weighted by Crippen LogP contribution is -2.37. The predicted octanol–water partition coefficient (Wildman–Crippen LogP) is 1.72. The summed E-state index contributed by atoms with van der Waals surface area (Å²) in [5, 5.41) is 5.33. The molecular weight excluding hydrogens is 282 g/mol. The molecule has 0 aromatic carbocycles. The number of hydrogen-bond acceptors (Lipinski definition) is 6. The van der Waals surface area contributed by atoms with Crippen molar-refractivity contribution in [1.29, 1.82) is 0 Å². The second-order valence-electron chi connectivity index (χ2n) is 6.54. The number of hydrogen-bond donors (Lipinski definition) is 0. The lowest BCUT2D eigenvalue weighted by Gasteiger charge is -2.24. The van der Waals surface area contributed by atoms with E-state index in [1.807, 2.05) is 9.58 Å². The molecular formula is C15H21N5O2. The molecule has 0 unspecified atom stereocenters. The Hall–Kier alpha value is -2.18. The highest BCUT2D eigenvalue weighted by atomic mass is 16.5. The molecule has 1 aliphatic heterocycles. The summed E-state index contributed by atoms with van der Waals surface area (Å²) in [4.78, 5) is 22.8. The van der Waals surface area contributed by atoms with Crippen molar-refractivity contribution in [2.24, 2.45) is 0 Å². The molecule has 0 spiro atoms. The summed E-state index contributed by atoms with van der Waals surface area (Å²) >= 11 is 0. The Kier molecular flexibility index (Phi) is 3.50. The molecule has 1 fully saturated rings. The number of nitrogens with zero attached hydrogens (tertiary/aromatic N) is 5. The van der Waals surface area contributed by atoms with Crippen molar-refractivity contribution >= 4 is 22.8 Å². The molecule has 118 valence electrons. The Morgan fingerprint density at radius 2 is 2.14 bits per heavy atom. The largest absolute Gasteiger partial charge is 0.467 e. The highest BCUT2D eigenvalue weighted by Crippen LogP contribution is 2.31. The Morgan fingerprint density at radius 3 is 2.82 bits per heavy atom. The summed E-state index contributed by atoms with van der Waals surface area (Å²) in [7, 11) is 1.42. The van der Waals surface area contributed by atoms with Crippen LogP contribution in [0, 0.1) is 0 Å². The zero-order valence-corrected chi connectivity index (χ0v) is 13.4. The molecule has 7 heteroatoms. The second kappa shape index (κ2) is 5.23. The van der Waals surface area contributed by atoms with Crippen LogP contribution in [0.3, 0.4) is 0 Å². The van der Waals surface area contributed by atoms with E-state index in [1.54, 1.807) is 6.20 Å². The van der Waals surface area contributed by atoms with Gasteiger partial charge >= 0.3 is 5.97 Å². The summed E-state index contributed by atoms with van der Waals surface area (Å²) in [5.74, 6) is 0.542. The third-order valence-corrected chi connectivity index (χ3v) is 3.98. The standard InChI is InChI=1S/C15H21N5O2/c1-15(2,3)20-13-10(8-18-20)12(16-9-17-13)19-7-5-6-11(19)14(21)22-4/h8-9,11H,5-7H2,1-4H3/t11-/m1/s1. The minimum absolute atomic E-state index is 0.167. The third-order valence-electron chi connectivity index (χ3n) is 3.98. The van der Waals surface area contributed by atoms with Gasteiger partial charge in [-0.2, -0.15) is 5.10 Å². The van der Waals surface area contributed by atoms with Gasteiger partial charge in [0, 0.05) is 6.54 Å². The van der Waals surface area contributed by atoms with Gasteiger partial charge in [-0.3, -0.25) is 0 Å². The molecule has 0 amide bonds. The van der Waals surface area contributed by atoms with Gasteiger partial charge in [0.1, 0.15) is 18.2 Å². The molecule has 3 rings (SSSR count). The number of aromatic nitrogens is 4. The Morgan fingerprint density at radius 1 is 1.36 bits per heavy atom. The van der Waals surface area contributed by atoms with Crippen LogP contribution in [0.25, 0.3) is 11.0 Å². The monoisotopic (exact) mass is 303 g/mol. The molecule has 22 heavy (non-hydrogen) atoms. The zero-order valence-electron chi connectivity index (χ0n) is 13.4. The van der Waals surface area contributed by atoms with Gasteiger partial charge in [-0.15, -0.1) is 0 Å². The van der Waals surface area contributed by atoms with Crippen molar-refractivity contribution in [1.82, 2.24) is 19.7 Å². The average molecular weight is 303 g/mol. The van der Waals surface area contributed by atoms with Gasteiger partial charge in [-0.1, -0.05) is 0 Å². The van der Waals surface area contributed by atoms with E-state index in [0.717, 1.165) is 36.2 Å². The fourth-order valence-electron chi connectivity index (χ4n) is 2.95. The van der Waals surface area contributed by atoms with Gasteiger partial charge in [0.25, 0.3) is 0 Å².